The highest BCUT2D eigenvalue weighted by Gasteiger charge is 2.34. The largest absolute Gasteiger partial charge is 0.466 e. The van der Waals surface area contributed by atoms with Crippen LogP contribution >= 0.6 is 0 Å². The fourth-order valence-electron chi connectivity index (χ4n) is 5.29. The molecule has 0 aromatic heterocycles. The number of unbranched alkanes of at least 4 members (excludes halogenated alkanes) is 4. The van der Waals surface area contributed by atoms with Crippen molar-refractivity contribution in [3.05, 3.63) is 0 Å². The van der Waals surface area contributed by atoms with Gasteiger partial charge < -0.3 is 60.4 Å². The highest BCUT2D eigenvalue weighted by Crippen LogP contribution is 2.19. The monoisotopic (exact) mass is 792 g/mol. The first-order chi connectivity index (χ1) is 26.4. The summed E-state index contributed by atoms with van der Waals surface area (Å²) in [6, 6.07) is 0. The van der Waals surface area contributed by atoms with E-state index in [0.717, 1.165) is 51.9 Å². The van der Waals surface area contributed by atoms with Gasteiger partial charge in [0.1, 0.15) is 11.2 Å². The number of rotatable bonds is 40. The van der Waals surface area contributed by atoms with Crippen molar-refractivity contribution in [1.29, 1.82) is 0 Å². The van der Waals surface area contributed by atoms with Gasteiger partial charge in [-0.1, -0.05) is 0 Å². The molecule has 0 atom stereocenters. The Balaban J connectivity index is 4.27. The second-order valence-electron chi connectivity index (χ2n) is 14.5. The topological polar surface area (TPSA) is 217 Å². The smallest absolute Gasteiger partial charge is 0.307 e. The molecular weight excluding hydrogens is 714 g/mol. The molecule has 0 aliphatic carbocycles. The SMILES string of the molecule is CC(C)(OCCCCCOC(=O)CCNCCCNCCO)C(=O)CCN(CCCO)C(=O)C(C)(C)OCCCCCOC(=O)CCNCCCNCCO. The Bertz CT molecular complexity index is 988. The van der Waals surface area contributed by atoms with Crippen molar-refractivity contribution in [2.45, 2.75) is 116 Å². The summed E-state index contributed by atoms with van der Waals surface area (Å²) >= 11 is 0. The predicted octanol–water partition coefficient (Wildman–Crippen LogP) is 1.08. The van der Waals surface area contributed by atoms with Crippen molar-refractivity contribution in [2.75, 3.05) is 112 Å². The van der Waals surface area contributed by atoms with Gasteiger partial charge in [-0.3, -0.25) is 19.2 Å². The maximum atomic E-state index is 13.5. The summed E-state index contributed by atoms with van der Waals surface area (Å²) in [6.45, 7) is 14.4. The fourth-order valence-corrected chi connectivity index (χ4v) is 5.29. The molecule has 0 aliphatic heterocycles. The van der Waals surface area contributed by atoms with Gasteiger partial charge in [-0.05, 0) is 112 Å². The number of nitrogens with zero attached hydrogens (tertiary/aromatic N) is 1. The van der Waals surface area contributed by atoms with Gasteiger partial charge in [0, 0.05) is 65.5 Å². The van der Waals surface area contributed by atoms with Crippen LogP contribution in [0.4, 0.5) is 0 Å². The summed E-state index contributed by atoms with van der Waals surface area (Å²) in [5.74, 6) is -0.860. The molecule has 1 amide bonds. The lowest BCUT2D eigenvalue weighted by Gasteiger charge is -2.33. The Morgan fingerprint density at radius 3 is 1.36 bits per heavy atom. The number of ether oxygens (including phenoxy) is 4. The fraction of sp³-hybridized carbons (Fsp3) is 0.897. The quantitative estimate of drug-likeness (QED) is 0.0342. The summed E-state index contributed by atoms with van der Waals surface area (Å²) < 4.78 is 22.5. The summed E-state index contributed by atoms with van der Waals surface area (Å²) in [5.41, 5.74) is -2.15. The lowest BCUT2D eigenvalue weighted by molar-refractivity contribution is -0.155. The number of Topliss-reactive ketones (excluding diaryl/α,β-unsaturated/α-hetero) is 1. The highest BCUT2D eigenvalue weighted by atomic mass is 16.5. The summed E-state index contributed by atoms with van der Waals surface area (Å²) in [6.07, 6.45) is 7.27. The minimum atomic E-state index is -1.12. The van der Waals surface area contributed by atoms with E-state index in [1.165, 1.54) is 0 Å². The molecule has 0 heterocycles. The van der Waals surface area contributed by atoms with Crippen molar-refractivity contribution in [2.24, 2.45) is 0 Å². The normalized spacial score (nSPS) is 11.8. The average Bonchev–Trinajstić information content (AvgIpc) is 3.15. The zero-order chi connectivity index (χ0) is 41.0. The number of carbonyl (C=O) groups is 4. The minimum absolute atomic E-state index is 0.0830. The standard InChI is InChI=1S/C39H77N5O11/c1-38(2,54-32-9-5-7-30-52-35(49)14-21-40-17-11-19-42-23-28-46)34(48)16-26-44(25-13-27-45)37(51)39(3,4)55-33-10-6-8-31-53-36(50)15-22-41-18-12-20-43-24-29-47/h40-43,45-47H,5-33H2,1-4H3. The van der Waals surface area contributed by atoms with Gasteiger partial charge in [-0.2, -0.15) is 0 Å². The second-order valence-corrected chi connectivity index (χ2v) is 14.5. The van der Waals surface area contributed by atoms with Crippen molar-refractivity contribution >= 4 is 23.6 Å². The van der Waals surface area contributed by atoms with Crippen LogP contribution in [0.2, 0.25) is 0 Å². The summed E-state index contributed by atoms with van der Waals surface area (Å²) in [4.78, 5) is 52.0. The Morgan fingerprint density at radius 2 is 0.909 bits per heavy atom. The van der Waals surface area contributed by atoms with E-state index in [9.17, 15) is 24.3 Å². The van der Waals surface area contributed by atoms with Crippen LogP contribution in [0.15, 0.2) is 0 Å². The number of hydrogen-bond acceptors (Lipinski definition) is 15. The van der Waals surface area contributed by atoms with Gasteiger partial charge in [-0.15, -0.1) is 0 Å². The number of carbonyl (C=O) groups excluding carboxylic acids is 4. The van der Waals surface area contributed by atoms with E-state index in [4.69, 9.17) is 29.2 Å². The van der Waals surface area contributed by atoms with Gasteiger partial charge in [0.05, 0.1) is 39.3 Å². The Labute approximate surface area is 330 Å². The number of aliphatic hydroxyl groups excluding tert-OH is 3. The molecule has 55 heavy (non-hydrogen) atoms. The van der Waals surface area contributed by atoms with Crippen molar-refractivity contribution in [3.63, 3.8) is 0 Å². The molecule has 0 aromatic rings. The first-order valence-electron chi connectivity index (χ1n) is 20.5. The van der Waals surface area contributed by atoms with Gasteiger partial charge in [0.25, 0.3) is 5.91 Å². The van der Waals surface area contributed by atoms with E-state index in [0.29, 0.717) is 104 Å². The van der Waals surface area contributed by atoms with Crippen molar-refractivity contribution in [3.8, 4) is 0 Å². The predicted molar refractivity (Wildman–Crippen MR) is 212 cm³/mol. The molecular formula is C39H77N5O11. The number of hydrogen-bond donors (Lipinski definition) is 7. The van der Waals surface area contributed by atoms with Gasteiger partial charge >= 0.3 is 11.9 Å². The Morgan fingerprint density at radius 1 is 0.473 bits per heavy atom. The molecule has 0 aromatic carbocycles. The lowest BCUT2D eigenvalue weighted by atomic mass is 9.99. The second kappa shape index (κ2) is 34.9. The highest BCUT2D eigenvalue weighted by molar-refractivity contribution is 5.88. The van der Waals surface area contributed by atoms with Crippen LogP contribution in [-0.4, -0.2) is 167 Å². The minimum Gasteiger partial charge on any atom is -0.466 e. The van der Waals surface area contributed by atoms with Gasteiger partial charge in [0.15, 0.2) is 5.78 Å². The first kappa shape index (κ1) is 52.7. The van der Waals surface area contributed by atoms with Crippen LogP contribution in [-0.2, 0) is 38.1 Å². The van der Waals surface area contributed by atoms with Crippen molar-refractivity contribution in [1.82, 2.24) is 26.2 Å². The summed E-state index contributed by atoms with van der Waals surface area (Å²) in [7, 11) is 0. The van der Waals surface area contributed by atoms with E-state index < -0.39 is 11.2 Å². The lowest BCUT2D eigenvalue weighted by Crippen LogP contribution is -2.49. The number of aliphatic hydroxyl groups is 3. The van der Waals surface area contributed by atoms with Crippen LogP contribution in [0.5, 0.6) is 0 Å². The molecule has 324 valence electrons. The molecule has 0 saturated carbocycles. The molecule has 0 radical (unpaired) electrons. The summed E-state index contributed by atoms with van der Waals surface area (Å²) in [5, 5.41) is 39.5. The molecule has 0 aliphatic rings. The van der Waals surface area contributed by atoms with E-state index in [1.807, 2.05) is 0 Å². The molecule has 0 saturated heterocycles. The van der Waals surface area contributed by atoms with E-state index in [2.05, 4.69) is 21.3 Å². The molecule has 0 fully saturated rings. The number of nitrogens with one attached hydrogen (secondary N) is 4. The van der Waals surface area contributed by atoms with Crippen LogP contribution in [0.1, 0.15) is 105 Å². The van der Waals surface area contributed by atoms with E-state index in [1.54, 1.807) is 32.6 Å². The molecule has 16 nitrogen and oxygen atoms in total. The van der Waals surface area contributed by atoms with Crippen LogP contribution in [0.3, 0.4) is 0 Å². The third-order valence-electron chi connectivity index (χ3n) is 8.70. The molecule has 7 N–H and O–H groups in total. The van der Waals surface area contributed by atoms with Crippen LogP contribution < -0.4 is 21.3 Å². The molecule has 0 bridgehead atoms. The van der Waals surface area contributed by atoms with Gasteiger partial charge in [0.2, 0.25) is 0 Å². The first-order valence-corrected chi connectivity index (χ1v) is 20.5. The third kappa shape index (κ3) is 30.5. The molecule has 0 rings (SSSR count). The van der Waals surface area contributed by atoms with E-state index in [-0.39, 0.29) is 56.4 Å². The Kier molecular flexibility index (Phi) is 33.5. The van der Waals surface area contributed by atoms with E-state index >= 15 is 0 Å². The third-order valence-corrected chi connectivity index (χ3v) is 8.70. The molecule has 0 unspecified atom stereocenters. The number of amides is 1. The maximum absolute atomic E-state index is 13.5. The number of ketones is 1. The average molecular weight is 792 g/mol. The Hall–Kier alpha value is -2.28. The van der Waals surface area contributed by atoms with Gasteiger partial charge in [-0.25, -0.2) is 0 Å². The van der Waals surface area contributed by atoms with Crippen LogP contribution in [0, 0.1) is 0 Å². The molecule has 0 spiro atoms. The zero-order valence-corrected chi connectivity index (χ0v) is 34.6. The zero-order valence-electron chi connectivity index (χ0n) is 34.6. The molecule has 16 heteroatoms. The van der Waals surface area contributed by atoms with Crippen molar-refractivity contribution < 1.29 is 53.4 Å². The number of esters is 2. The maximum Gasteiger partial charge on any atom is 0.307 e. The van der Waals surface area contributed by atoms with Crippen LogP contribution in [0.25, 0.3) is 0 Å².